The molecule has 2 heterocycles. The van der Waals surface area contributed by atoms with Crippen LogP contribution in [0.1, 0.15) is 16.9 Å². The minimum absolute atomic E-state index is 0.519. The molecule has 0 amide bonds. The molecule has 1 N–H and O–H groups in total. The molecular weight excluding hydrogens is 342 g/mol. The van der Waals surface area contributed by atoms with Crippen molar-refractivity contribution >= 4 is 44.3 Å². The Balaban J connectivity index is 1.82. The maximum Gasteiger partial charge on any atom is 0.232 e. The van der Waals surface area contributed by atoms with Gasteiger partial charge in [0.1, 0.15) is 0 Å². The van der Waals surface area contributed by atoms with E-state index < -0.39 is 10.0 Å². The van der Waals surface area contributed by atoms with Crippen LogP contribution in [0.5, 0.6) is 0 Å². The molecule has 0 spiro atoms. The van der Waals surface area contributed by atoms with Crippen LogP contribution in [0, 0.1) is 0 Å². The quantitative estimate of drug-likeness (QED) is 0.913. The van der Waals surface area contributed by atoms with Crippen molar-refractivity contribution in [2.45, 2.75) is 19.4 Å². The SMILES string of the molecule is CS(=O)(=O)N1CCCc2ccc(NCc3cnc(Cl)s3)cc21. The Labute approximate surface area is 139 Å². The van der Waals surface area contributed by atoms with Crippen molar-refractivity contribution in [3.05, 3.63) is 39.3 Å². The van der Waals surface area contributed by atoms with Crippen molar-refractivity contribution in [2.75, 3.05) is 22.4 Å². The molecule has 118 valence electrons. The Morgan fingerprint density at radius 1 is 1.45 bits per heavy atom. The van der Waals surface area contributed by atoms with E-state index in [1.165, 1.54) is 21.9 Å². The van der Waals surface area contributed by atoms with Gasteiger partial charge in [-0.05, 0) is 30.5 Å². The summed E-state index contributed by atoms with van der Waals surface area (Å²) in [6, 6.07) is 5.88. The van der Waals surface area contributed by atoms with Gasteiger partial charge in [-0.3, -0.25) is 4.31 Å². The minimum Gasteiger partial charge on any atom is -0.380 e. The van der Waals surface area contributed by atoms with Gasteiger partial charge in [0, 0.05) is 23.3 Å². The van der Waals surface area contributed by atoms with Crippen LogP contribution < -0.4 is 9.62 Å². The molecule has 1 aromatic heterocycles. The molecule has 2 aromatic rings. The number of nitrogens with zero attached hydrogens (tertiary/aromatic N) is 2. The molecule has 1 aliphatic heterocycles. The smallest absolute Gasteiger partial charge is 0.232 e. The molecule has 1 aliphatic rings. The second-order valence-corrected chi connectivity index (χ2v) is 8.82. The number of halogens is 1. The first-order valence-corrected chi connectivity index (χ1v) is 9.92. The van der Waals surface area contributed by atoms with Gasteiger partial charge < -0.3 is 5.32 Å². The molecule has 0 saturated heterocycles. The fourth-order valence-electron chi connectivity index (χ4n) is 2.55. The normalized spacial score (nSPS) is 14.7. The monoisotopic (exact) mass is 357 g/mol. The van der Waals surface area contributed by atoms with Crippen LogP contribution in [0.15, 0.2) is 24.4 Å². The van der Waals surface area contributed by atoms with E-state index in [1.807, 2.05) is 18.2 Å². The minimum atomic E-state index is -3.24. The number of thiazole rings is 1. The van der Waals surface area contributed by atoms with Crippen LogP contribution in [0.4, 0.5) is 11.4 Å². The average molecular weight is 358 g/mol. The Morgan fingerprint density at radius 2 is 2.27 bits per heavy atom. The lowest BCUT2D eigenvalue weighted by Gasteiger charge is -2.29. The van der Waals surface area contributed by atoms with Gasteiger partial charge >= 0.3 is 0 Å². The first kappa shape index (κ1) is 15.6. The topological polar surface area (TPSA) is 62.3 Å². The van der Waals surface area contributed by atoms with Gasteiger partial charge in [-0.25, -0.2) is 13.4 Å². The summed E-state index contributed by atoms with van der Waals surface area (Å²) in [5.41, 5.74) is 2.74. The molecule has 0 bridgehead atoms. The van der Waals surface area contributed by atoms with Crippen molar-refractivity contribution in [1.82, 2.24) is 4.98 Å². The third-order valence-corrected chi connectivity index (χ3v) is 5.85. The fourth-order valence-corrected chi connectivity index (χ4v) is 4.46. The lowest BCUT2D eigenvalue weighted by Crippen LogP contribution is -2.34. The summed E-state index contributed by atoms with van der Waals surface area (Å²) >= 11 is 7.24. The summed E-state index contributed by atoms with van der Waals surface area (Å²) in [5, 5.41) is 3.29. The van der Waals surface area contributed by atoms with Crippen LogP contribution in [0.3, 0.4) is 0 Å². The summed E-state index contributed by atoms with van der Waals surface area (Å²) in [5.74, 6) is 0. The van der Waals surface area contributed by atoms with Gasteiger partial charge in [0.2, 0.25) is 10.0 Å². The predicted octanol–water partition coefficient (Wildman–Crippen LogP) is 3.12. The maximum atomic E-state index is 11.9. The third kappa shape index (κ3) is 3.37. The molecule has 0 unspecified atom stereocenters. The Morgan fingerprint density at radius 3 is 2.95 bits per heavy atom. The van der Waals surface area contributed by atoms with Crippen molar-refractivity contribution in [1.29, 1.82) is 0 Å². The van der Waals surface area contributed by atoms with E-state index >= 15 is 0 Å². The Bertz CT molecular complexity index is 789. The zero-order valence-corrected chi connectivity index (χ0v) is 14.4. The molecule has 0 aliphatic carbocycles. The van der Waals surface area contributed by atoms with E-state index in [1.54, 1.807) is 6.20 Å². The Kier molecular flexibility index (Phi) is 4.29. The standard InChI is InChI=1S/C14H16ClN3O2S2/c1-22(19,20)18-6-2-3-10-4-5-11(7-13(10)18)16-8-12-9-17-14(15)21-12/h4-5,7,9,16H,2-3,6,8H2,1H3. The van der Waals surface area contributed by atoms with Crippen LogP contribution in [-0.4, -0.2) is 26.2 Å². The zero-order valence-electron chi connectivity index (χ0n) is 12.0. The summed E-state index contributed by atoms with van der Waals surface area (Å²) in [6.45, 7) is 1.15. The summed E-state index contributed by atoms with van der Waals surface area (Å²) < 4.78 is 25.9. The van der Waals surface area contributed by atoms with Gasteiger partial charge in [-0.1, -0.05) is 17.7 Å². The number of hydrogen-bond acceptors (Lipinski definition) is 5. The lowest BCUT2D eigenvalue weighted by atomic mass is 10.0. The molecule has 5 nitrogen and oxygen atoms in total. The molecular formula is C14H16ClN3O2S2. The second-order valence-electron chi connectivity index (χ2n) is 5.22. The first-order chi connectivity index (χ1) is 10.4. The number of hydrogen-bond donors (Lipinski definition) is 1. The second kappa shape index (κ2) is 6.06. The zero-order chi connectivity index (χ0) is 15.7. The number of anilines is 2. The number of rotatable bonds is 4. The Hall–Kier alpha value is -1.31. The van der Waals surface area contributed by atoms with Crippen LogP contribution in [-0.2, 0) is 23.0 Å². The number of aryl methyl sites for hydroxylation is 1. The van der Waals surface area contributed by atoms with Gasteiger partial charge in [0.15, 0.2) is 4.47 Å². The van der Waals surface area contributed by atoms with Crippen LogP contribution >= 0.6 is 22.9 Å². The molecule has 3 rings (SSSR count). The number of fused-ring (bicyclic) bond motifs is 1. The molecule has 0 atom stereocenters. The number of aromatic nitrogens is 1. The molecule has 0 fully saturated rings. The highest BCUT2D eigenvalue weighted by atomic mass is 35.5. The van der Waals surface area contributed by atoms with Crippen molar-refractivity contribution in [3.8, 4) is 0 Å². The molecule has 0 saturated carbocycles. The van der Waals surface area contributed by atoms with Gasteiger partial charge in [0.05, 0.1) is 18.5 Å². The first-order valence-electron chi connectivity index (χ1n) is 6.88. The van der Waals surface area contributed by atoms with E-state index in [2.05, 4.69) is 10.3 Å². The summed E-state index contributed by atoms with van der Waals surface area (Å²) in [6.07, 6.45) is 4.75. The third-order valence-electron chi connectivity index (χ3n) is 3.55. The largest absolute Gasteiger partial charge is 0.380 e. The molecule has 0 radical (unpaired) electrons. The van der Waals surface area contributed by atoms with E-state index in [0.717, 1.165) is 34.7 Å². The van der Waals surface area contributed by atoms with Gasteiger partial charge in [-0.15, -0.1) is 11.3 Å². The number of nitrogens with one attached hydrogen (secondary N) is 1. The highest BCUT2D eigenvalue weighted by Crippen LogP contribution is 2.32. The molecule has 8 heteroatoms. The van der Waals surface area contributed by atoms with Crippen LogP contribution in [0.25, 0.3) is 0 Å². The van der Waals surface area contributed by atoms with E-state index in [4.69, 9.17) is 11.6 Å². The van der Waals surface area contributed by atoms with Gasteiger partial charge in [-0.2, -0.15) is 0 Å². The number of benzene rings is 1. The molecule has 22 heavy (non-hydrogen) atoms. The lowest BCUT2D eigenvalue weighted by molar-refractivity contribution is 0.592. The summed E-state index contributed by atoms with van der Waals surface area (Å²) in [7, 11) is -3.24. The van der Waals surface area contributed by atoms with Crippen molar-refractivity contribution in [3.63, 3.8) is 0 Å². The van der Waals surface area contributed by atoms with Crippen molar-refractivity contribution < 1.29 is 8.42 Å². The number of sulfonamides is 1. The van der Waals surface area contributed by atoms with E-state index in [-0.39, 0.29) is 0 Å². The van der Waals surface area contributed by atoms with E-state index in [9.17, 15) is 8.42 Å². The maximum absolute atomic E-state index is 11.9. The van der Waals surface area contributed by atoms with Crippen LogP contribution in [0.2, 0.25) is 4.47 Å². The van der Waals surface area contributed by atoms with Gasteiger partial charge in [0.25, 0.3) is 0 Å². The highest BCUT2D eigenvalue weighted by Gasteiger charge is 2.24. The fraction of sp³-hybridized carbons (Fsp3) is 0.357. The predicted molar refractivity (Wildman–Crippen MR) is 91.4 cm³/mol. The van der Waals surface area contributed by atoms with E-state index in [0.29, 0.717) is 17.6 Å². The molecule has 1 aromatic carbocycles. The van der Waals surface area contributed by atoms with Crippen molar-refractivity contribution in [2.24, 2.45) is 0 Å². The average Bonchev–Trinajstić information content (AvgIpc) is 2.89. The highest BCUT2D eigenvalue weighted by molar-refractivity contribution is 7.92. The summed E-state index contributed by atoms with van der Waals surface area (Å²) in [4.78, 5) is 5.03.